The fourth-order valence-electron chi connectivity index (χ4n) is 3.22. The molecule has 0 saturated carbocycles. The Morgan fingerprint density at radius 2 is 1.93 bits per heavy atom. The van der Waals surface area contributed by atoms with Crippen molar-refractivity contribution in [3.05, 3.63) is 24.0 Å². The lowest BCUT2D eigenvalue weighted by Crippen LogP contribution is -2.41. The molecule has 1 aliphatic heterocycles. The number of carbonyl (C=O) groups is 2. The van der Waals surface area contributed by atoms with Gasteiger partial charge in [-0.2, -0.15) is 0 Å². The first-order valence-corrected chi connectivity index (χ1v) is 10.4. The van der Waals surface area contributed by atoms with Crippen LogP contribution in [0.25, 0.3) is 0 Å². The highest BCUT2D eigenvalue weighted by Gasteiger charge is 2.26. The second-order valence-electron chi connectivity index (χ2n) is 8.44. The van der Waals surface area contributed by atoms with Crippen LogP contribution < -0.4 is 10.1 Å². The van der Waals surface area contributed by atoms with Crippen LogP contribution in [0.15, 0.2) is 18.2 Å². The zero-order chi connectivity index (χ0) is 21.4. The standard InChI is InChI=1S/C22H33FN2O4/c1-5-20(26)24-19-9-8-17(15-18(19)23)28-14-6-7-16-10-12-25(13-11-16)21(27)29-22(2,3)4/h8-9,15-16H,5-7,10-14H2,1-4H3,(H,24,26). The number of piperidine rings is 1. The highest BCUT2D eigenvalue weighted by atomic mass is 19.1. The maximum atomic E-state index is 14.0. The molecule has 162 valence electrons. The van der Waals surface area contributed by atoms with Gasteiger partial charge in [0.25, 0.3) is 0 Å². The van der Waals surface area contributed by atoms with Crippen molar-refractivity contribution in [1.82, 2.24) is 4.90 Å². The van der Waals surface area contributed by atoms with Gasteiger partial charge in [-0.25, -0.2) is 9.18 Å². The summed E-state index contributed by atoms with van der Waals surface area (Å²) in [5, 5.41) is 2.51. The van der Waals surface area contributed by atoms with Crippen LogP contribution in [0.4, 0.5) is 14.9 Å². The molecule has 0 bridgehead atoms. The summed E-state index contributed by atoms with van der Waals surface area (Å²) in [5.74, 6) is 0.284. The van der Waals surface area contributed by atoms with E-state index in [2.05, 4.69) is 5.32 Å². The van der Waals surface area contributed by atoms with E-state index in [9.17, 15) is 14.0 Å². The lowest BCUT2D eigenvalue weighted by atomic mass is 9.92. The minimum absolute atomic E-state index is 0.168. The summed E-state index contributed by atoms with van der Waals surface area (Å²) >= 11 is 0. The number of amides is 2. The molecule has 1 N–H and O–H groups in total. The predicted octanol–water partition coefficient (Wildman–Crippen LogP) is 4.98. The van der Waals surface area contributed by atoms with Gasteiger partial charge in [-0.05, 0) is 64.5 Å². The van der Waals surface area contributed by atoms with Gasteiger partial charge in [-0.1, -0.05) is 6.92 Å². The first-order valence-electron chi connectivity index (χ1n) is 10.4. The maximum Gasteiger partial charge on any atom is 0.410 e. The Bertz CT molecular complexity index is 695. The van der Waals surface area contributed by atoms with Crippen molar-refractivity contribution in [3.63, 3.8) is 0 Å². The lowest BCUT2D eigenvalue weighted by Gasteiger charge is -2.33. The molecular formula is C22H33FN2O4. The summed E-state index contributed by atoms with van der Waals surface area (Å²) in [6, 6.07) is 4.48. The van der Waals surface area contributed by atoms with E-state index in [1.54, 1.807) is 17.9 Å². The third kappa shape index (κ3) is 7.91. The molecule has 0 unspecified atom stereocenters. The minimum Gasteiger partial charge on any atom is -0.493 e. The smallest absolute Gasteiger partial charge is 0.410 e. The van der Waals surface area contributed by atoms with E-state index < -0.39 is 11.4 Å². The van der Waals surface area contributed by atoms with Crippen molar-refractivity contribution in [3.8, 4) is 5.75 Å². The summed E-state index contributed by atoms with van der Waals surface area (Å²) < 4.78 is 25.1. The van der Waals surface area contributed by atoms with Crippen molar-refractivity contribution < 1.29 is 23.5 Å². The SMILES string of the molecule is CCC(=O)Nc1ccc(OCCCC2CCN(C(=O)OC(C)(C)C)CC2)cc1F. The van der Waals surface area contributed by atoms with E-state index in [1.807, 2.05) is 20.8 Å². The zero-order valence-corrected chi connectivity index (χ0v) is 17.9. The fourth-order valence-corrected chi connectivity index (χ4v) is 3.22. The van der Waals surface area contributed by atoms with Gasteiger partial charge >= 0.3 is 6.09 Å². The van der Waals surface area contributed by atoms with Crippen LogP contribution in [-0.4, -0.2) is 42.2 Å². The van der Waals surface area contributed by atoms with Gasteiger partial charge in [0.05, 0.1) is 12.3 Å². The van der Waals surface area contributed by atoms with Gasteiger partial charge < -0.3 is 19.7 Å². The quantitative estimate of drug-likeness (QED) is 0.646. The topological polar surface area (TPSA) is 67.9 Å². The van der Waals surface area contributed by atoms with Crippen LogP contribution in [0.1, 0.15) is 59.8 Å². The number of hydrogen-bond acceptors (Lipinski definition) is 4. The van der Waals surface area contributed by atoms with E-state index >= 15 is 0 Å². The number of nitrogens with one attached hydrogen (secondary N) is 1. The lowest BCUT2D eigenvalue weighted by molar-refractivity contribution is -0.115. The van der Waals surface area contributed by atoms with Crippen LogP contribution >= 0.6 is 0 Å². The summed E-state index contributed by atoms with van der Waals surface area (Å²) in [6.45, 7) is 9.28. The predicted molar refractivity (Wildman–Crippen MR) is 111 cm³/mol. The second kappa shape index (κ2) is 10.5. The number of nitrogens with zero attached hydrogens (tertiary/aromatic N) is 1. The molecule has 6 nitrogen and oxygen atoms in total. The van der Waals surface area contributed by atoms with E-state index in [0.717, 1.165) is 38.8 Å². The first-order chi connectivity index (χ1) is 13.7. The Morgan fingerprint density at radius 1 is 1.24 bits per heavy atom. The Morgan fingerprint density at radius 3 is 2.52 bits per heavy atom. The third-order valence-corrected chi connectivity index (χ3v) is 4.83. The van der Waals surface area contributed by atoms with Crippen LogP contribution in [0.2, 0.25) is 0 Å². The van der Waals surface area contributed by atoms with Gasteiger partial charge in [-0.3, -0.25) is 4.79 Å². The van der Waals surface area contributed by atoms with Crippen molar-refractivity contribution in [2.45, 2.75) is 65.4 Å². The third-order valence-electron chi connectivity index (χ3n) is 4.83. The molecular weight excluding hydrogens is 375 g/mol. The molecule has 29 heavy (non-hydrogen) atoms. The van der Waals surface area contributed by atoms with Crippen molar-refractivity contribution in [1.29, 1.82) is 0 Å². The van der Waals surface area contributed by atoms with E-state index in [0.29, 0.717) is 24.7 Å². The molecule has 0 radical (unpaired) electrons. The molecule has 1 fully saturated rings. The number of rotatable bonds is 7. The van der Waals surface area contributed by atoms with E-state index in [-0.39, 0.29) is 17.7 Å². The molecule has 0 aliphatic carbocycles. The van der Waals surface area contributed by atoms with E-state index in [4.69, 9.17) is 9.47 Å². The normalized spacial score (nSPS) is 15.1. The van der Waals surface area contributed by atoms with Gasteiger partial charge in [-0.15, -0.1) is 0 Å². The summed E-state index contributed by atoms with van der Waals surface area (Å²) in [4.78, 5) is 25.2. The summed E-state index contributed by atoms with van der Waals surface area (Å²) in [6.07, 6.45) is 3.86. The monoisotopic (exact) mass is 408 g/mol. The van der Waals surface area contributed by atoms with Gasteiger partial charge in [0.1, 0.15) is 17.2 Å². The molecule has 1 saturated heterocycles. The van der Waals surface area contributed by atoms with Crippen molar-refractivity contribution >= 4 is 17.7 Å². The summed E-state index contributed by atoms with van der Waals surface area (Å²) in [5.41, 5.74) is -0.300. The molecule has 2 amide bonds. The molecule has 7 heteroatoms. The average molecular weight is 409 g/mol. The van der Waals surface area contributed by atoms with Crippen LogP contribution in [0.5, 0.6) is 5.75 Å². The molecule has 0 atom stereocenters. The van der Waals surface area contributed by atoms with Crippen molar-refractivity contribution in [2.75, 3.05) is 25.0 Å². The number of hydrogen-bond donors (Lipinski definition) is 1. The van der Waals surface area contributed by atoms with Crippen molar-refractivity contribution in [2.24, 2.45) is 5.92 Å². The second-order valence-corrected chi connectivity index (χ2v) is 8.44. The van der Waals surface area contributed by atoms with Gasteiger partial charge in [0.15, 0.2) is 0 Å². The average Bonchev–Trinajstić information content (AvgIpc) is 2.66. The largest absolute Gasteiger partial charge is 0.493 e. The minimum atomic E-state index is -0.501. The van der Waals surface area contributed by atoms with Gasteiger partial charge in [0.2, 0.25) is 5.91 Å². The van der Waals surface area contributed by atoms with Crippen LogP contribution in [0, 0.1) is 11.7 Å². The maximum absolute atomic E-state index is 14.0. The molecule has 1 aromatic rings. The molecule has 2 rings (SSSR count). The molecule has 1 heterocycles. The number of halogens is 1. The first kappa shape index (κ1) is 23.0. The number of carbonyl (C=O) groups excluding carboxylic acids is 2. The number of benzene rings is 1. The Labute approximate surface area is 172 Å². The molecule has 1 aliphatic rings. The fraction of sp³-hybridized carbons (Fsp3) is 0.636. The summed E-state index contributed by atoms with van der Waals surface area (Å²) in [7, 11) is 0. The Kier molecular flexibility index (Phi) is 8.29. The highest BCUT2D eigenvalue weighted by molar-refractivity contribution is 5.90. The van der Waals surface area contributed by atoms with E-state index in [1.165, 1.54) is 12.1 Å². The van der Waals surface area contributed by atoms with Gasteiger partial charge in [0, 0.05) is 25.6 Å². The zero-order valence-electron chi connectivity index (χ0n) is 17.9. The number of anilines is 1. The molecule has 1 aromatic carbocycles. The Balaban J connectivity index is 1.67. The Hall–Kier alpha value is -2.31. The highest BCUT2D eigenvalue weighted by Crippen LogP contribution is 2.24. The van der Waals surface area contributed by atoms with Crippen LogP contribution in [-0.2, 0) is 9.53 Å². The molecule has 0 aromatic heterocycles. The number of ether oxygens (including phenoxy) is 2. The number of likely N-dealkylation sites (tertiary alicyclic amines) is 1. The molecule has 0 spiro atoms. The van der Waals surface area contributed by atoms with Crippen LogP contribution in [0.3, 0.4) is 0 Å².